The topological polar surface area (TPSA) is 12.0 Å². The maximum absolute atomic E-state index is 3.63. The Balaban J connectivity index is 1.85. The number of hydrogen-bond donors (Lipinski definition) is 1. The molecule has 0 bridgehead atoms. The average Bonchev–Trinajstić information content (AvgIpc) is 2.72. The van der Waals surface area contributed by atoms with Crippen LogP contribution in [0.1, 0.15) is 11.8 Å². The molecule has 0 spiro atoms. The molecule has 1 aliphatic rings. The second-order valence-electron chi connectivity index (χ2n) is 3.69. The molecule has 0 saturated carbocycles. The van der Waals surface area contributed by atoms with Crippen molar-refractivity contribution in [2.24, 2.45) is 5.92 Å². The minimum atomic E-state index is 0.703. The number of rotatable bonds is 3. The summed E-state index contributed by atoms with van der Waals surface area (Å²) in [6, 6.07) is 2.82. The van der Waals surface area contributed by atoms with E-state index in [0.717, 1.165) is 12.5 Å². The van der Waals surface area contributed by atoms with Crippen molar-refractivity contribution in [1.82, 2.24) is 5.32 Å². The first-order chi connectivity index (χ1) is 6.77. The zero-order valence-electron chi connectivity index (χ0n) is 8.13. The highest BCUT2D eigenvalue weighted by Gasteiger charge is 2.23. The molecule has 0 aromatic carbocycles. The third-order valence-corrected chi connectivity index (χ3v) is 5.86. The van der Waals surface area contributed by atoms with E-state index < -0.39 is 0 Å². The molecule has 2 heterocycles. The molecule has 78 valence electrons. The van der Waals surface area contributed by atoms with E-state index in [4.69, 9.17) is 0 Å². The third-order valence-electron chi connectivity index (χ3n) is 2.58. The molecule has 0 aliphatic carbocycles. The Morgan fingerprint density at radius 1 is 1.57 bits per heavy atom. The molecule has 1 fully saturated rings. The number of hydrogen-bond acceptors (Lipinski definition) is 3. The molecule has 1 aromatic rings. The van der Waals surface area contributed by atoms with Gasteiger partial charge >= 0.3 is 0 Å². The largest absolute Gasteiger partial charge is 0.308 e. The van der Waals surface area contributed by atoms with Crippen molar-refractivity contribution >= 4 is 39.0 Å². The van der Waals surface area contributed by atoms with Crippen LogP contribution in [0, 0.1) is 5.92 Å². The molecule has 0 amide bonds. The van der Waals surface area contributed by atoms with Crippen LogP contribution in [-0.4, -0.2) is 17.5 Å². The van der Waals surface area contributed by atoms with Crippen molar-refractivity contribution < 1.29 is 0 Å². The lowest BCUT2D eigenvalue weighted by atomic mass is 10.1. The van der Waals surface area contributed by atoms with Crippen LogP contribution in [0.3, 0.4) is 0 Å². The second kappa shape index (κ2) is 5.01. The van der Waals surface area contributed by atoms with Gasteiger partial charge in [0.25, 0.3) is 0 Å². The fourth-order valence-corrected chi connectivity index (χ4v) is 4.48. The molecular formula is C10H14BrNS2. The first kappa shape index (κ1) is 11.0. The highest BCUT2D eigenvalue weighted by molar-refractivity contribution is 9.10. The number of halogens is 1. The van der Waals surface area contributed by atoms with Gasteiger partial charge in [-0.25, -0.2) is 0 Å². The van der Waals surface area contributed by atoms with Gasteiger partial charge in [-0.3, -0.25) is 0 Å². The lowest BCUT2D eigenvalue weighted by molar-refractivity contribution is 0.455. The normalized spacial score (nSPS) is 27.0. The average molecular weight is 292 g/mol. The van der Waals surface area contributed by atoms with Crippen LogP contribution in [0.2, 0.25) is 0 Å². The van der Waals surface area contributed by atoms with Crippen LogP contribution < -0.4 is 5.32 Å². The molecule has 1 nitrogen and oxygen atoms in total. The van der Waals surface area contributed by atoms with Crippen molar-refractivity contribution in [2.45, 2.75) is 19.5 Å². The molecule has 14 heavy (non-hydrogen) atoms. The SMILES string of the molecule is CC1CSCC1NCc1sccc1Br. The number of thiophene rings is 1. The Kier molecular flexibility index (Phi) is 3.93. The molecule has 2 rings (SSSR count). The first-order valence-electron chi connectivity index (χ1n) is 4.80. The van der Waals surface area contributed by atoms with Crippen molar-refractivity contribution in [1.29, 1.82) is 0 Å². The summed E-state index contributed by atoms with van der Waals surface area (Å²) in [6.07, 6.45) is 0. The molecule has 2 atom stereocenters. The lowest BCUT2D eigenvalue weighted by Gasteiger charge is -2.15. The monoisotopic (exact) mass is 291 g/mol. The summed E-state index contributed by atoms with van der Waals surface area (Å²) in [6.45, 7) is 3.34. The van der Waals surface area contributed by atoms with Crippen molar-refractivity contribution in [2.75, 3.05) is 11.5 Å². The Morgan fingerprint density at radius 2 is 2.43 bits per heavy atom. The fourth-order valence-electron chi connectivity index (χ4n) is 1.60. The van der Waals surface area contributed by atoms with Crippen LogP contribution in [0.25, 0.3) is 0 Å². The molecular weight excluding hydrogens is 278 g/mol. The van der Waals surface area contributed by atoms with Gasteiger partial charge in [0.15, 0.2) is 0 Å². The van der Waals surface area contributed by atoms with Gasteiger partial charge in [-0.2, -0.15) is 11.8 Å². The van der Waals surface area contributed by atoms with Crippen LogP contribution in [0.5, 0.6) is 0 Å². The van der Waals surface area contributed by atoms with Gasteiger partial charge in [-0.15, -0.1) is 11.3 Å². The summed E-state index contributed by atoms with van der Waals surface area (Å²) < 4.78 is 1.24. The van der Waals surface area contributed by atoms with E-state index in [1.807, 2.05) is 11.3 Å². The van der Waals surface area contributed by atoms with E-state index in [2.05, 4.69) is 51.4 Å². The van der Waals surface area contributed by atoms with E-state index in [1.165, 1.54) is 20.9 Å². The number of nitrogens with one attached hydrogen (secondary N) is 1. The summed E-state index contributed by atoms with van der Waals surface area (Å²) in [5.74, 6) is 3.40. The van der Waals surface area contributed by atoms with E-state index >= 15 is 0 Å². The van der Waals surface area contributed by atoms with E-state index in [-0.39, 0.29) is 0 Å². The van der Waals surface area contributed by atoms with Gasteiger partial charge in [-0.1, -0.05) is 6.92 Å². The van der Waals surface area contributed by atoms with Crippen molar-refractivity contribution in [3.63, 3.8) is 0 Å². The fraction of sp³-hybridized carbons (Fsp3) is 0.600. The van der Waals surface area contributed by atoms with Gasteiger partial charge in [0.05, 0.1) is 0 Å². The zero-order valence-corrected chi connectivity index (χ0v) is 11.3. The molecule has 1 aromatic heterocycles. The summed E-state index contributed by atoms with van der Waals surface area (Å²) in [5, 5.41) is 5.77. The van der Waals surface area contributed by atoms with Gasteiger partial charge in [0.2, 0.25) is 0 Å². The highest BCUT2D eigenvalue weighted by Crippen LogP contribution is 2.26. The Hall–Kier alpha value is 0.490. The third kappa shape index (κ3) is 2.54. The molecule has 4 heteroatoms. The summed E-state index contributed by atoms with van der Waals surface area (Å²) in [7, 11) is 0. The molecule has 2 unspecified atom stereocenters. The molecule has 1 N–H and O–H groups in total. The minimum Gasteiger partial charge on any atom is -0.308 e. The minimum absolute atomic E-state index is 0.703. The van der Waals surface area contributed by atoms with Crippen LogP contribution in [0.15, 0.2) is 15.9 Å². The maximum Gasteiger partial charge on any atom is 0.0327 e. The van der Waals surface area contributed by atoms with Crippen molar-refractivity contribution in [3.8, 4) is 0 Å². The van der Waals surface area contributed by atoms with Gasteiger partial charge in [0, 0.05) is 27.7 Å². The second-order valence-corrected chi connectivity index (χ2v) is 6.62. The van der Waals surface area contributed by atoms with E-state index in [9.17, 15) is 0 Å². The predicted octanol–water partition coefficient (Wildman–Crippen LogP) is 3.35. The zero-order chi connectivity index (χ0) is 9.97. The molecule has 0 radical (unpaired) electrons. The van der Waals surface area contributed by atoms with Gasteiger partial charge < -0.3 is 5.32 Å². The Bertz CT molecular complexity index is 300. The summed E-state index contributed by atoms with van der Waals surface area (Å²) >= 11 is 7.43. The van der Waals surface area contributed by atoms with Crippen LogP contribution in [0.4, 0.5) is 0 Å². The van der Waals surface area contributed by atoms with Gasteiger partial charge in [-0.05, 0) is 39.0 Å². The number of thioether (sulfide) groups is 1. The van der Waals surface area contributed by atoms with Crippen LogP contribution in [-0.2, 0) is 6.54 Å². The lowest BCUT2D eigenvalue weighted by Crippen LogP contribution is -2.33. The quantitative estimate of drug-likeness (QED) is 0.917. The van der Waals surface area contributed by atoms with E-state index in [1.54, 1.807) is 0 Å². The van der Waals surface area contributed by atoms with E-state index in [0.29, 0.717) is 6.04 Å². The Morgan fingerprint density at radius 3 is 3.00 bits per heavy atom. The molecule has 1 aliphatic heterocycles. The highest BCUT2D eigenvalue weighted by atomic mass is 79.9. The standard InChI is InChI=1S/C10H14BrNS2/c1-7-5-13-6-9(7)12-4-10-8(11)2-3-14-10/h2-3,7,9,12H,4-6H2,1H3. The van der Waals surface area contributed by atoms with Gasteiger partial charge in [0.1, 0.15) is 0 Å². The van der Waals surface area contributed by atoms with Crippen molar-refractivity contribution in [3.05, 3.63) is 20.8 Å². The maximum atomic E-state index is 3.63. The first-order valence-corrected chi connectivity index (χ1v) is 7.63. The molecule has 1 saturated heterocycles. The summed E-state index contributed by atoms with van der Waals surface area (Å²) in [4.78, 5) is 1.41. The van der Waals surface area contributed by atoms with Crippen LogP contribution >= 0.6 is 39.0 Å². The smallest absolute Gasteiger partial charge is 0.0327 e. The predicted molar refractivity (Wildman–Crippen MR) is 69.1 cm³/mol. The Labute approximate surface area is 102 Å². The summed E-state index contributed by atoms with van der Waals surface area (Å²) in [5.41, 5.74) is 0.